The summed E-state index contributed by atoms with van der Waals surface area (Å²) >= 11 is 0. The minimum Gasteiger partial charge on any atom is -0.490 e. The van der Waals surface area contributed by atoms with Gasteiger partial charge in [-0.05, 0) is 62.7 Å². The summed E-state index contributed by atoms with van der Waals surface area (Å²) in [6.45, 7) is 0.383. The molecule has 0 aliphatic rings. The van der Waals surface area contributed by atoms with E-state index in [4.69, 9.17) is 9.84 Å². The first-order valence-corrected chi connectivity index (χ1v) is 12.6. The maximum Gasteiger partial charge on any atom is 0.307 e. The smallest absolute Gasteiger partial charge is 0.307 e. The third kappa shape index (κ3) is 6.26. The van der Waals surface area contributed by atoms with E-state index in [0.717, 1.165) is 22.3 Å². The van der Waals surface area contributed by atoms with Gasteiger partial charge in [0, 0.05) is 0 Å². The number of rotatable bonds is 9. The van der Waals surface area contributed by atoms with E-state index in [1.807, 2.05) is 24.3 Å². The van der Waals surface area contributed by atoms with Gasteiger partial charge in [-0.25, -0.2) is 0 Å². The van der Waals surface area contributed by atoms with Gasteiger partial charge < -0.3 is 9.84 Å². The quantitative estimate of drug-likeness (QED) is 0.224. The molecule has 0 bridgehead atoms. The average molecular weight is 497 g/mol. The molecule has 186 valence electrons. The molecule has 0 aliphatic heterocycles. The van der Waals surface area contributed by atoms with Gasteiger partial charge >= 0.3 is 5.97 Å². The van der Waals surface area contributed by atoms with Gasteiger partial charge in [-0.2, -0.15) is 0 Å². The van der Waals surface area contributed by atoms with Crippen molar-refractivity contribution in [3.63, 3.8) is 0 Å². The van der Waals surface area contributed by atoms with Crippen LogP contribution in [0.2, 0.25) is 0 Å². The number of carbonyl (C=O) groups is 1. The van der Waals surface area contributed by atoms with Crippen molar-refractivity contribution in [1.29, 1.82) is 0 Å². The number of hydrogen-bond donors (Lipinski definition) is 1. The van der Waals surface area contributed by atoms with Crippen LogP contribution in [0.1, 0.15) is 16.7 Å². The zero-order valence-electron chi connectivity index (χ0n) is 21.0. The second kappa shape index (κ2) is 11.9. The molecule has 0 fully saturated rings. The molecule has 0 atom stereocenters. The topological polar surface area (TPSA) is 46.5 Å². The number of hydrogen-bond acceptors (Lipinski definition) is 2. The first-order chi connectivity index (χ1) is 18.7. The van der Waals surface area contributed by atoms with Crippen LogP contribution in [0, 0.1) is 0 Å². The molecule has 1 N–H and O–H groups in total. The normalized spacial score (nSPS) is 10.5. The number of aliphatic carboxylic acids is 1. The van der Waals surface area contributed by atoms with E-state index in [-0.39, 0.29) is 6.42 Å². The van der Waals surface area contributed by atoms with Crippen LogP contribution in [-0.2, 0) is 11.2 Å². The van der Waals surface area contributed by atoms with Crippen molar-refractivity contribution in [3.05, 3.63) is 156 Å². The van der Waals surface area contributed by atoms with Crippen LogP contribution in [0.3, 0.4) is 0 Å². The number of carboxylic acid groups (broad SMARTS) is 1. The van der Waals surface area contributed by atoms with Gasteiger partial charge in [0.05, 0.1) is 6.42 Å². The van der Waals surface area contributed by atoms with Gasteiger partial charge in [-0.3, -0.25) is 4.79 Å². The molecule has 0 aromatic heterocycles. The van der Waals surface area contributed by atoms with Gasteiger partial charge in [0.2, 0.25) is 0 Å². The fraction of sp³-hybridized carbons (Fsp3) is 0.0571. The molecule has 0 spiro atoms. The van der Waals surface area contributed by atoms with Crippen molar-refractivity contribution >= 4 is 11.5 Å². The molecular formula is C35H28O3. The Bertz CT molecular complexity index is 1420. The standard InChI is InChI=1S/C35H28O3/c36-35(37)25-26-11-21-33(22-12-26)38-24-23-34(31-17-13-29(14-18-31)27-7-3-1-4-8-27)32-19-15-30(16-20-32)28-9-5-2-6-10-28/h1-23H,24-25H2,(H,36,37). The van der Waals surface area contributed by atoms with Crippen LogP contribution < -0.4 is 4.74 Å². The van der Waals surface area contributed by atoms with E-state index < -0.39 is 5.97 Å². The molecule has 0 aliphatic carbocycles. The van der Waals surface area contributed by atoms with Crippen molar-refractivity contribution in [2.45, 2.75) is 6.42 Å². The summed E-state index contributed by atoms with van der Waals surface area (Å²) in [6.07, 6.45) is 2.10. The maximum atomic E-state index is 10.9. The predicted molar refractivity (Wildman–Crippen MR) is 154 cm³/mol. The summed E-state index contributed by atoms with van der Waals surface area (Å²) in [5.74, 6) is -0.142. The minimum absolute atomic E-state index is 0.00227. The molecule has 0 radical (unpaired) electrons. The lowest BCUT2D eigenvalue weighted by molar-refractivity contribution is -0.136. The third-order valence-electron chi connectivity index (χ3n) is 6.42. The van der Waals surface area contributed by atoms with Gasteiger partial charge in [0.25, 0.3) is 0 Å². The lowest BCUT2D eigenvalue weighted by atomic mass is 9.94. The highest BCUT2D eigenvalue weighted by molar-refractivity contribution is 5.82. The molecule has 3 nitrogen and oxygen atoms in total. The van der Waals surface area contributed by atoms with Gasteiger partial charge in [0.15, 0.2) is 0 Å². The average Bonchev–Trinajstić information content (AvgIpc) is 2.97. The molecule has 0 unspecified atom stereocenters. The summed E-state index contributed by atoms with van der Waals surface area (Å²) in [6, 6.07) is 45.1. The Hall–Kier alpha value is -4.89. The minimum atomic E-state index is -0.845. The van der Waals surface area contributed by atoms with Crippen LogP contribution in [0.25, 0.3) is 27.8 Å². The molecule has 5 aromatic carbocycles. The van der Waals surface area contributed by atoms with Crippen LogP contribution >= 0.6 is 0 Å². The van der Waals surface area contributed by atoms with Gasteiger partial charge in [-0.1, -0.05) is 121 Å². The number of benzene rings is 5. The van der Waals surface area contributed by atoms with Crippen molar-refractivity contribution in [3.8, 4) is 28.0 Å². The van der Waals surface area contributed by atoms with Gasteiger partial charge in [0.1, 0.15) is 12.4 Å². The Labute approximate surface area is 223 Å². The van der Waals surface area contributed by atoms with Crippen LogP contribution in [0.5, 0.6) is 5.75 Å². The van der Waals surface area contributed by atoms with Crippen LogP contribution in [0.15, 0.2) is 140 Å². The number of carboxylic acids is 1. The van der Waals surface area contributed by atoms with E-state index in [0.29, 0.717) is 12.4 Å². The zero-order valence-corrected chi connectivity index (χ0v) is 21.0. The monoisotopic (exact) mass is 496 g/mol. The van der Waals surface area contributed by atoms with Crippen molar-refractivity contribution in [1.82, 2.24) is 0 Å². The molecule has 38 heavy (non-hydrogen) atoms. The lowest BCUT2D eigenvalue weighted by Gasteiger charge is -2.12. The summed E-state index contributed by atoms with van der Waals surface area (Å²) in [5, 5.41) is 8.98. The molecule has 0 amide bonds. The first kappa shape index (κ1) is 24.8. The summed E-state index contributed by atoms with van der Waals surface area (Å²) in [5.41, 5.74) is 8.77. The summed E-state index contributed by atoms with van der Waals surface area (Å²) < 4.78 is 6.00. The largest absolute Gasteiger partial charge is 0.490 e. The lowest BCUT2D eigenvalue weighted by Crippen LogP contribution is -2.00. The highest BCUT2D eigenvalue weighted by atomic mass is 16.5. The van der Waals surface area contributed by atoms with E-state index in [1.165, 1.54) is 22.3 Å². The van der Waals surface area contributed by atoms with Crippen molar-refractivity contribution in [2.75, 3.05) is 6.61 Å². The fourth-order valence-corrected chi connectivity index (χ4v) is 4.45. The third-order valence-corrected chi connectivity index (χ3v) is 6.42. The second-order valence-electron chi connectivity index (χ2n) is 9.03. The Kier molecular flexibility index (Phi) is 7.76. The highest BCUT2D eigenvalue weighted by Gasteiger charge is 2.08. The Balaban J connectivity index is 1.40. The molecule has 0 saturated carbocycles. The Morgan fingerprint density at radius 3 is 1.47 bits per heavy atom. The van der Waals surface area contributed by atoms with Crippen LogP contribution in [0.4, 0.5) is 0 Å². The Morgan fingerprint density at radius 2 is 1.03 bits per heavy atom. The molecule has 0 saturated heterocycles. The van der Waals surface area contributed by atoms with Crippen molar-refractivity contribution in [2.24, 2.45) is 0 Å². The molecule has 5 rings (SSSR count). The zero-order chi connectivity index (χ0) is 26.2. The summed E-state index contributed by atoms with van der Waals surface area (Å²) in [7, 11) is 0. The Morgan fingerprint density at radius 1 is 0.579 bits per heavy atom. The molecule has 5 aromatic rings. The first-order valence-electron chi connectivity index (χ1n) is 12.6. The van der Waals surface area contributed by atoms with Crippen LogP contribution in [-0.4, -0.2) is 17.7 Å². The molecular weight excluding hydrogens is 468 g/mol. The predicted octanol–water partition coefficient (Wildman–Crippen LogP) is 8.16. The summed E-state index contributed by atoms with van der Waals surface area (Å²) in [4.78, 5) is 10.9. The fourth-order valence-electron chi connectivity index (χ4n) is 4.45. The van der Waals surface area contributed by atoms with Gasteiger partial charge in [-0.15, -0.1) is 0 Å². The maximum absolute atomic E-state index is 10.9. The molecule has 3 heteroatoms. The SMILES string of the molecule is O=C(O)Cc1ccc(OCC=C(c2ccc(-c3ccccc3)cc2)c2ccc(-c3ccccc3)cc2)cc1. The van der Waals surface area contributed by atoms with E-state index >= 15 is 0 Å². The van der Waals surface area contributed by atoms with Crippen molar-refractivity contribution < 1.29 is 14.6 Å². The molecule has 0 heterocycles. The van der Waals surface area contributed by atoms with E-state index in [1.54, 1.807) is 12.1 Å². The van der Waals surface area contributed by atoms with E-state index in [9.17, 15) is 4.79 Å². The second-order valence-corrected chi connectivity index (χ2v) is 9.03. The number of ether oxygens (including phenoxy) is 1. The van der Waals surface area contributed by atoms with E-state index in [2.05, 4.69) is 103 Å². The highest BCUT2D eigenvalue weighted by Crippen LogP contribution is 2.29.